The highest BCUT2D eigenvalue weighted by atomic mass is 32.2. The first-order chi connectivity index (χ1) is 11.7. The Balaban J connectivity index is 2.16. The molecule has 0 bridgehead atoms. The second-order valence-electron chi connectivity index (χ2n) is 5.75. The van der Waals surface area contributed by atoms with Crippen molar-refractivity contribution in [2.75, 3.05) is 18.4 Å². The van der Waals surface area contributed by atoms with Crippen molar-refractivity contribution in [1.82, 2.24) is 4.31 Å². The Morgan fingerprint density at radius 3 is 2.36 bits per heavy atom. The minimum atomic E-state index is -3.78. The molecule has 0 aliphatic carbocycles. The van der Waals surface area contributed by atoms with E-state index in [9.17, 15) is 17.6 Å². The van der Waals surface area contributed by atoms with Gasteiger partial charge >= 0.3 is 0 Å². The molecular weight excluding hydrogens is 343 g/mol. The number of amides is 1. The van der Waals surface area contributed by atoms with Crippen molar-refractivity contribution in [1.29, 1.82) is 0 Å². The number of aryl methyl sites for hydroxylation is 2. The summed E-state index contributed by atoms with van der Waals surface area (Å²) in [5.74, 6) is -0.994. The standard InChI is InChI=1S/C18H21FN2O3S/c1-4-21(25(23,24)16-9-5-13(2)6-10-16)12-18(22)20-17-11-15(19)8-7-14(17)3/h5-11H,4,12H2,1-3H3,(H,20,22). The van der Waals surface area contributed by atoms with E-state index < -0.39 is 21.7 Å². The van der Waals surface area contributed by atoms with Crippen molar-refractivity contribution in [2.24, 2.45) is 0 Å². The molecule has 7 heteroatoms. The average Bonchev–Trinajstić information content (AvgIpc) is 2.56. The highest BCUT2D eigenvalue weighted by Gasteiger charge is 2.25. The maximum absolute atomic E-state index is 13.3. The molecule has 134 valence electrons. The SMILES string of the molecule is CCN(CC(=O)Nc1cc(F)ccc1C)S(=O)(=O)c1ccc(C)cc1. The lowest BCUT2D eigenvalue weighted by Crippen LogP contribution is -2.37. The Morgan fingerprint density at radius 1 is 1.12 bits per heavy atom. The summed E-state index contributed by atoms with van der Waals surface area (Å²) in [5.41, 5.74) is 1.97. The second-order valence-corrected chi connectivity index (χ2v) is 7.69. The van der Waals surface area contributed by atoms with Gasteiger partial charge in [0.2, 0.25) is 15.9 Å². The number of carbonyl (C=O) groups excluding carboxylic acids is 1. The summed E-state index contributed by atoms with van der Waals surface area (Å²) in [6, 6.07) is 10.5. The van der Waals surface area contributed by atoms with Crippen LogP contribution in [-0.2, 0) is 14.8 Å². The van der Waals surface area contributed by atoms with E-state index >= 15 is 0 Å². The number of carbonyl (C=O) groups is 1. The second kappa shape index (κ2) is 7.76. The number of likely N-dealkylation sites (N-methyl/N-ethyl adjacent to an activating group) is 1. The van der Waals surface area contributed by atoms with Crippen LogP contribution in [0.15, 0.2) is 47.4 Å². The first-order valence-electron chi connectivity index (χ1n) is 7.87. The first-order valence-corrected chi connectivity index (χ1v) is 9.31. The third-order valence-electron chi connectivity index (χ3n) is 3.81. The van der Waals surface area contributed by atoms with E-state index in [4.69, 9.17) is 0 Å². The predicted octanol–water partition coefficient (Wildman–Crippen LogP) is 3.09. The number of hydrogen-bond acceptors (Lipinski definition) is 3. The molecule has 1 amide bonds. The van der Waals surface area contributed by atoms with Gasteiger partial charge in [-0.15, -0.1) is 0 Å². The van der Waals surface area contributed by atoms with E-state index in [1.807, 2.05) is 6.92 Å². The third kappa shape index (κ3) is 4.64. The number of rotatable bonds is 6. The predicted molar refractivity (Wildman–Crippen MR) is 95.4 cm³/mol. The van der Waals surface area contributed by atoms with Gasteiger partial charge in [0.05, 0.1) is 11.4 Å². The molecule has 0 unspecified atom stereocenters. The van der Waals surface area contributed by atoms with Gasteiger partial charge in [-0.05, 0) is 43.7 Å². The monoisotopic (exact) mass is 364 g/mol. The van der Waals surface area contributed by atoms with Gasteiger partial charge in [0.25, 0.3) is 0 Å². The molecule has 2 rings (SSSR count). The number of nitrogens with one attached hydrogen (secondary N) is 1. The molecule has 2 aromatic carbocycles. The molecule has 1 N–H and O–H groups in total. The van der Waals surface area contributed by atoms with Gasteiger partial charge in [0, 0.05) is 12.2 Å². The lowest BCUT2D eigenvalue weighted by molar-refractivity contribution is -0.116. The van der Waals surface area contributed by atoms with Crippen LogP contribution in [0, 0.1) is 19.7 Å². The summed E-state index contributed by atoms with van der Waals surface area (Å²) in [6.07, 6.45) is 0. The molecule has 0 aliphatic rings. The zero-order chi connectivity index (χ0) is 18.6. The Labute approximate surface area is 147 Å². The molecule has 0 radical (unpaired) electrons. The van der Waals surface area contributed by atoms with Crippen LogP contribution in [0.2, 0.25) is 0 Å². The summed E-state index contributed by atoms with van der Waals surface area (Å²) >= 11 is 0. The van der Waals surface area contributed by atoms with E-state index in [-0.39, 0.29) is 18.0 Å². The molecule has 0 heterocycles. The third-order valence-corrected chi connectivity index (χ3v) is 5.74. The molecule has 0 spiro atoms. The Bertz CT molecular complexity index is 864. The molecule has 0 aliphatic heterocycles. The van der Waals surface area contributed by atoms with Crippen LogP contribution in [0.25, 0.3) is 0 Å². The molecule has 5 nitrogen and oxygen atoms in total. The zero-order valence-corrected chi connectivity index (χ0v) is 15.2. The van der Waals surface area contributed by atoms with Crippen LogP contribution in [-0.4, -0.2) is 31.7 Å². The largest absolute Gasteiger partial charge is 0.325 e. The number of anilines is 1. The number of nitrogens with zero attached hydrogens (tertiary/aromatic N) is 1. The molecule has 2 aromatic rings. The van der Waals surface area contributed by atoms with Crippen molar-refractivity contribution >= 4 is 21.6 Å². The van der Waals surface area contributed by atoms with Crippen LogP contribution in [0.5, 0.6) is 0 Å². The van der Waals surface area contributed by atoms with Gasteiger partial charge in [-0.2, -0.15) is 4.31 Å². The normalized spacial score (nSPS) is 11.6. The highest BCUT2D eigenvalue weighted by molar-refractivity contribution is 7.89. The molecule has 0 saturated carbocycles. The van der Waals surface area contributed by atoms with Gasteiger partial charge in [-0.25, -0.2) is 12.8 Å². The molecule has 0 fully saturated rings. The lowest BCUT2D eigenvalue weighted by Gasteiger charge is -2.20. The average molecular weight is 364 g/mol. The maximum atomic E-state index is 13.3. The van der Waals surface area contributed by atoms with Gasteiger partial charge in [0.15, 0.2) is 0 Å². The molecule has 25 heavy (non-hydrogen) atoms. The van der Waals surface area contributed by atoms with Crippen LogP contribution >= 0.6 is 0 Å². The highest BCUT2D eigenvalue weighted by Crippen LogP contribution is 2.18. The van der Waals surface area contributed by atoms with E-state index in [1.54, 1.807) is 32.0 Å². The molecular formula is C18H21FN2O3S. The first kappa shape index (κ1) is 19.1. The van der Waals surface area contributed by atoms with Gasteiger partial charge < -0.3 is 5.32 Å². The van der Waals surface area contributed by atoms with Crippen molar-refractivity contribution in [2.45, 2.75) is 25.7 Å². The van der Waals surface area contributed by atoms with Crippen LogP contribution in [0.4, 0.5) is 10.1 Å². The Kier molecular flexibility index (Phi) is 5.92. The van der Waals surface area contributed by atoms with Crippen molar-refractivity contribution in [3.63, 3.8) is 0 Å². The minimum absolute atomic E-state index is 0.134. The summed E-state index contributed by atoms with van der Waals surface area (Å²) in [7, 11) is -3.78. The van der Waals surface area contributed by atoms with Gasteiger partial charge in [-0.3, -0.25) is 4.79 Å². The minimum Gasteiger partial charge on any atom is -0.325 e. The fourth-order valence-electron chi connectivity index (χ4n) is 2.30. The van der Waals surface area contributed by atoms with Crippen LogP contribution in [0.1, 0.15) is 18.1 Å². The lowest BCUT2D eigenvalue weighted by atomic mass is 10.2. The molecule has 0 saturated heterocycles. The van der Waals surface area contributed by atoms with Crippen molar-refractivity contribution < 1.29 is 17.6 Å². The topological polar surface area (TPSA) is 66.5 Å². The number of halogens is 1. The number of hydrogen-bond donors (Lipinski definition) is 1. The van der Waals surface area contributed by atoms with E-state index in [0.29, 0.717) is 11.3 Å². The Morgan fingerprint density at radius 2 is 1.76 bits per heavy atom. The summed E-state index contributed by atoms with van der Waals surface area (Å²) in [5, 5.41) is 2.56. The zero-order valence-electron chi connectivity index (χ0n) is 14.4. The summed E-state index contributed by atoms with van der Waals surface area (Å²) < 4.78 is 39.7. The maximum Gasteiger partial charge on any atom is 0.243 e. The smallest absolute Gasteiger partial charge is 0.243 e. The molecule has 0 atom stereocenters. The summed E-state index contributed by atoms with van der Waals surface area (Å²) in [6.45, 7) is 5.05. The van der Waals surface area contributed by atoms with Crippen molar-refractivity contribution in [3.8, 4) is 0 Å². The van der Waals surface area contributed by atoms with E-state index in [2.05, 4.69) is 5.32 Å². The summed E-state index contributed by atoms with van der Waals surface area (Å²) in [4.78, 5) is 12.4. The number of sulfonamides is 1. The van der Waals surface area contributed by atoms with Gasteiger partial charge in [-0.1, -0.05) is 30.7 Å². The molecule has 0 aromatic heterocycles. The van der Waals surface area contributed by atoms with Crippen LogP contribution < -0.4 is 5.32 Å². The fraction of sp³-hybridized carbons (Fsp3) is 0.278. The van der Waals surface area contributed by atoms with E-state index in [0.717, 1.165) is 9.87 Å². The van der Waals surface area contributed by atoms with Crippen molar-refractivity contribution in [3.05, 3.63) is 59.4 Å². The fourth-order valence-corrected chi connectivity index (χ4v) is 3.71. The van der Waals surface area contributed by atoms with Crippen LogP contribution in [0.3, 0.4) is 0 Å². The van der Waals surface area contributed by atoms with E-state index in [1.165, 1.54) is 24.3 Å². The Hall–Kier alpha value is -2.25. The van der Waals surface area contributed by atoms with Gasteiger partial charge in [0.1, 0.15) is 5.82 Å². The quantitative estimate of drug-likeness (QED) is 0.856. The number of benzene rings is 2.